The molecular weight excluding hydrogens is 334 g/mol. The smallest absolute Gasteiger partial charge is 0.254 e. The second-order valence-corrected chi connectivity index (χ2v) is 6.25. The molecular formula is C18H23N5O3. The first kappa shape index (κ1) is 17.9. The van der Waals surface area contributed by atoms with Crippen molar-refractivity contribution >= 4 is 11.9 Å². The molecule has 0 spiro atoms. The molecule has 0 aliphatic carbocycles. The zero-order chi connectivity index (χ0) is 18.4. The van der Waals surface area contributed by atoms with E-state index >= 15 is 0 Å². The zero-order valence-electron chi connectivity index (χ0n) is 15.0. The first-order valence-corrected chi connectivity index (χ1v) is 8.49. The van der Waals surface area contributed by atoms with Crippen LogP contribution < -0.4 is 20.1 Å². The molecule has 0 unspecified atom stereocenters. The van der Waals surface area contributed by atoms with Crippen molar-refractivity contribution in [3.63, 3.8) is 0 Å². The number of fused-ring (bicyclic) bond motifs is 1. The van der Waals surface area contributed by atoms with E-state index in [9.17, 15) is 4.79 Å². The Kier molecular flexibility index (Phi) is 5.85. The molecule has 3 rings (SSSR count). The Bertz CT molecular complexity index is 749. The minimum absolute atomic E-state index is 0.161. The van der Waals surface area contributed by atoms with Crippen LogP contribution in [-0.2, 0) is 6.54 Å². The summed E-state index contributed by atoms with van der Waals surface area (Å²) in [5.74, 6) is 1.80. The standard InChI is InChI=1S/C18H23N5O3/c1-23(2)7-3-6-19-17(24)14-10-21-18(22-11-14)20-9-13-4-5-15-16(8-13)26-12-25-15/h4-5,8,10-11H,3,6-7,9,12H2,1-2H3,(H,19,24)(H,20,21,22). The second kappa shape index (κ2) is 8.48. The number of amides is 1. The molecule has 1 aliphatic heterocycles. The van der Waals surface area contributed by atoms with Gasteiger partial charge in [0.05, 0.1) is 5.56 Å². The summed E-state index contributed by atoms with van der Waals surface area (Å²) in [6.07, 6.45) is 3.95. The highest BCUT2D eigenvalue weighted by molar-refractivity contribution is 5.93. The van der Waals surface area contributed by atoms with Crippen molar-refractivity contribution in [1.82, 2.24) is 20.2 Å². The number of anilines is 1. The fourth-order valence-corrected chi connectivity index (χ4v) is 2.47. The maximum Gasteiger partial charge on any atom is 0.254 e. The van der Waals surface area contributed by atoms with Gasteiger partial charge in [-0.05, 0) is 44.8 Å². The number of benzene rings is 1. The Balaban J connectivity index is 1.47. The molecule has 0 bridgehead atoms. The van der Waals surface area contributed by atoms with Crippen molar-refractivity contribution in [2.75, 3.05) is 39.3 Å². The highest BCUT2D eigenvalue weighted by Gasteiger charge is 2.13. The maximum absolute atomic E-state index is 12.0. The minimum Gasteiger partial charge on any atom is -0.454 e. The van der Waals surface area contributed by atoms with Crippen LogP contribution in [0, 0.1) is 0 Å². The molecule has 1 aliphatic rings. The largest absolute Gasteiger partial charge is 0.454 e. The summed E-state index contributed by atoms with van der Waals surface area (Å²) in [6.45, 7) is 2.36. The van der Waals surface area contributed by atoms with E-state index in [0.29, 0.717) is 24.6 Å². The van der Waals surface area contributed by atoms with Gasteiger partial charge < -0.3 is 25.0 Å². The van der Waals surface area contributed by atoms with E-state index in [1.807, 2.05) is 32.3 Å². The van der Waals surface area contributed by atoms with Gasteiger partial charge >= 0.3 is 0 Å². The van der Waals surface area contributed by atoms with E-state index in [-0.39, 0.29) is 12.7 Å². The van der Waals surface area contributed by atoms with Crippen molar-refractivity contribution in [2.24, 2.45) is 0 Å². The summed E-state index contributed by atoms with van der Waals surface area (Å²) in [5, 5.41) is 5.99. The highest BCUT2D eigenvalue weighted by Crippen LogP contribution is 2.32. The molecule has 1 aromatic heterocycles. The summed E-state index contributed by atoms with van der Waals surface area (Å²) in [5.41, 5.74) is 1.48. The molecule has 2 heterocycles. The lowest BCUT2D eigenvalue weighted by atomic mass is 10.2. The monoisotopic (exact) mass is 357 g/mol. The number of nitrogens with one attached hydrogen (secondary N) is 2. The third-order valence-electron chi connectivity index (χ3n) is 3.87. The minimum atomic E-state index is -0.161. The lowest BCUT2D eigenvalue weighted by molar-refractivity contribution is 0.0951. The van der Waals surface area contributed by atoms with Crippen LogP contribution in [0.3, 0.4) is 0 Å². The Morgan fingerprint density at radius 2 is 1.96 bits per heavy atom. The quantitative estimate of drug-likeness (QED) is 0.692. The van der Waals surface area contributed by atoms with Gasteiger partial charge in [0.25, 0.3) is 5.91 Å². The molecule has 0 fully saturated rings. The SMILES string of the molecule is CN(C)CCCNC(=O)c1cnc(NCc2ccc3c(c2)OCO3)nc1. The van der Waals surface area contributed by atoms with Gasteiger partial charge in [-0.15, -0.1) is 0 Å². The van der Waals surface area contributed by atoms with Crippen LogP contribution in [0.15, 0.2) is 30.6 Å². The van der Waals surface area contributed by atoms with Gasteiger partial charge in [-0.25, -0.2) is 9.97 Å². The number of rotatable bonds is 8. The summed E-state index contributed by atoms with van der Waals surface area (Å²) in [6, 6.07) is 5.75. The number of hydrogen-bond acceptors (Lipinski definition) is 7. The van der Waals surface area contributed by atoms with E-state index in [1.54, 1.807) is 0 Å². The summed E-state index contributed by atoms with van der Waals surface area (Å²) < 4.78 is 10.6. The molecule has 1 aromatic carbocycles. The molecule has 0 saturated carbocycles. The van der Waals surface area contributed by atoms with Gasteiger partial charge in [0, 0.05) is 25.5 Å². The van der Waals surface area contributed by atoms with E-state index in [1.165, 1.54) is 12.4 Å². The van der Waals surface area contributed by atoms with Crippen molar-refractivity contribution < 1.29 is 14.3 Å². The molecule has 0 saturated heterocycles. The van der Waals surface area contributed by atoms with E-state index < -0.39 is 0 Å². The van der Waals surface area contributed by atoms with E-state index in [4.69, 9.17) is 9.47 Å². The Hall–Kier alpha value is -2.87. The number of carbonyl (C=O) groups is 1. The van der Waals surface area contributed by atoms with Gasteiger partial charge in [-0.1, -0.05) is 6.07 Å². The highest BCUT2D eigenvalue weighted by atomic mass is 16.7. The fourth-order valence-electron chi connectivity index (χ4n) is 2.47. The lowest BCUT2D eigenvalue weighted by Gasteiger charge is -2.10. The fraction of sp³-hybridized carbons (Fsp3) is 0.389. The predicted octanol–water partition coefficient (Wildman–Crippen LogP) is 1.50. The van der Waals surface area contributed by atoms with Crippen LogP contribution >= 0.6 is 0 Å². The Morgan fingerprint density at radius 3 is 2.73 bits per heavy atom. The van der Waals surface area contributed by atoms with Crippen LogP contribution in [0.5, 0.6) is 11.5 Å². The van der Waals surface area contributed by atoms with Gasteiger partial charge in [-0.2, -0.15) is 0 Å². The van der Waals surface area contributed by atoms with E-state index in [0.717, 1.165) is 30.0 Å². The second-order valence-electron chi connectivity index (χ2n) is 6.25. The molecule has 138 valence electrons. The summed E-state index contributed by atoms with van der Waals surface area (Å²) in [4.78, 5) is 22.5. The van der Waals surface area contributed by atoms with E-state index in [2.05, 4.69) is 25.5 Å². The zero-order valence-corrected chi connectivity index (χ0v) is 15.0. The Labute approximate surface area is 152 Å². The van der Waals surface area contributed by atoms with Crippen LogP contribution in [0.2, 0.25) is 0 Å². The third kappa shape index (κ3) is 4.82. The molecule has 8 nitrogen and oxygen atoms in total. The van der Waals surface area contributed by atoms with Crippen molar-refractivity contribution in [2.45, 2.75) is 13.0 Å². The number of aromatic nitrogens is 2. The molecule has 2 N–H and O–H groups in total. The van der Waals surface area contributed by atoms with Gasteiger partial charge in [0.2, 0.25) is 12.7 Å². The first-order chi connectivity index (χ1) is 12.6. The molecule has 0 radical (unpaired) electrons. The lowest BCUT2D eigenvalue weighted by Crippen LogP contribution is -2.27. The molecule has 26 heavy (non-hydrogen) atoms. The maximum atomic E-state index is 12.0. The normalized spacial score (nSPS) is 12.3. The van der Waals surface area contributed by atoms with Gasteiger partial charge in [0.1, 0.15) is 0 Å². The molecule has 1 amide bonds. The van der Waals surface area contributed by atoms with Crippen LogP contribution in [0.1, 0.15) is 22.3 Å². The number of nitrogens with zero attached hydrogens (tertiary/aromatic N) is 3. The Morgan fingerprint density at radius 1 is 1.19 bits per heavy atom. The summed E-state index contributed by atoms with van der Waals surface area (Å²) >= 11 is 0. The van der Waals surface area contributed by atoms with Crippen LogP contribution in [0.25, 0.3) is 0 Å². The predicted molar refractivity (Wildman–Crippen MR) is 97.4 cm³/mol. The molecule has 2 aromatic rings. The van der Waals surface area contributed by atoms with Crippen molar-refractivity contribution in [3.05, 3.63) is 41.7 Å². The number of hydrogen-bond donors (Lipinski definition) is 2. The average Bonchev–Trinajstić information content (AvgIpc) is 3.11. The van der Waals surface area contributed by atoms with Crippen molar-refractivity contribution in [3.8, 4) is 11.5 Å². The molecule has 0 atom stereocenters. The van der Waals surface area contributed by atoms with Crippen molar-refractivity contribution in [1.29, 1.82) is 0 Å². The van der Waals surface area contributed by atoms with Gasteiger partial charge in [-0.3, -0.25) is 4.79 Å². The van der Waals surface area contributed by atoms with Gasteiger partial charge in [0.15, 0.2) is 11.5 Å². The third-order valence-corrected chi connectivity index (χ3v) is 3.87. The van der Waals surface area contributed by atoms with Crippen LogP contribution in [-0.4, -0.2) is 54.8 Å². The topological polar surface area (TPSA) is 88.6 Å². The first-order valence-electron chi connectivity index (χ1n) is 8.49. The molecule has 8 heteroatoms. The number of carbonyl (C=O) groups excluding carboxylic acids is 1. The average molecular weight is 357 g/mol. The van der Waals surface area contributed by atoms with Crippen LogP contribution in [0.4, 0.5) is 5.95 Å². The summed E-state index contributed by atoms with van der Waals surface area (Å²) in [7, 11) is 4.01. The number of ether oxygens (including phenoxy) is 2.